The summed E-state index contributed by atoms with van der Waals surface area (Å²) in [5.41, 5.74) is 4.06. The topological polar surface area (TPSA) is 72.7 Å². The molecule has 1 N–H and O–H groups in total. The number of aromatic nitrogens is 4. The maximum Gasteiger partial charge on any atom is 0.247 e. The predicted octanol–water partition coefficient (Wildman–Crippen LogP) is 4.24. The first-order valence-corrected chi connectivity index (χ1v) is 8.03. The van der Waals surface area contributed by atoms with Crippen LogP contribution in [0.15, 0.2) is 79.9 Å². The van der Waals surface area contributed by atoms with E-state index in [9.17, 15) is 4.79 Å². The predicted molar refractivity (Wildman–Crippen MR) is 108 cm³/mol. The van der Waals surface area contributed by atoms with Gasteiger partial charge in [0, 0.05) is 11.3 Å². The molecule has 0 saturated carbocycles. The Morgan fingerprint density at radius 1 is 1.11 bits per heavy atom. The minimum absolute atomic E-state index is 0. The number of amides is 1. The summed E-state index contributed by atoms with van der Waals surface area (Å²) in [7, 11) is 0. The Morgan fingerprint density at radius 2 is 1.93 bits per heavy atom. The van der Waals surface area contributed by atoms with Crippen LogP contribution in [-0.4, -0.2) is 25.4 Å². The number of carbonyl (C=O) groups is 1. The Balaban J connectivity index is 0.00000210. The van der Waals surface area contributed by atoms with Gasteiger partial charge in [-0.15, -0.1) is 0 Å². The van der Waals surface area contributed by atoms with Gasteiger partial charge < -0.3 is 5.32 Å². The molecule has 0 atom stereocenters. The third-order valence-electron chi connectivity index (χ3n) is 3.94. The zero-order valence-electron chi connectivity index (χ0n) is 13.8. The van der Waals surface area contributed by atoms with E-state index < -0.39 is 0 Å². The molecule has 4 rings (SSSR count). The number of anilines is 1. The summed E-state index contributed by atoms with van der Waals surface area (Å²) in [6, 6.07) is 15.4. The lowest BCUT2D eigenvalue weighted by atomic mass is 10.2. The first-order chi connectivity index (χ1) is 12.7. The average Bonchev–Trinajstić information content (AvgIpc) is 3.12. The molecule has 0 radical (unpaired) electrons. The Morgan fingerprint density at radius 3 is 2.70 bits per heavy atom. The molecule has 4 aromatic rings. The van der Waals surface area contributed by atoms with Crippen LogP contribution in [-0.2, 0) is 4.79 Å². The van der Waals surface area contributed by atoms with E-state index in [4.69, 9.17) is 4.98 Å². The number of hydrogen-bond donors (Lipinski definition) is 1. The van der Waals surface area contributed by atoms with Crippen LogP contribution in [0.25, 0.3) is 28.1 Å². The van der Waals surface area contributed by atoms with E-state index in [0.29, 0.717) is 11.5 Å². The highest BCUT2D eigenvalue weighted by molar-refractivity contribution is 6.00. The van der Waals surface area contributed by atoms with Gasteiger partial charge in [-0.25, -0.2) is 9.97 Å². The number of benzene rings is 2. The summed E-state index contributed by atoms with van der Waals surface area (Å²) in [5.74, 6) is 0.391. The molecular weight excluding hydrogens is 338 g/mol. The summed E-state index contributed by atoms with van der Waals surface area (Å²) < 4.78 is 1.85. The monoisotopic (exact) mass is 357 g/mol. The highest BCUT2D eigenvalue weighted by atomic mass is 16.1. The standard InChI is InChI=1S/C20H15N5O.CH4/c1-2-20(26)23-15-8-9-16-18(10-15)25(13-22-16)19-12-21-11-17(24-19)14-6-4-3-5-7-14;/h2-13H,1H2,(H,23,26);1H4. The normalized spacial score (nSPS) is 10.2. The van der Waals surface area contributed by atoms with Crippen LogP contribution in [0.2, 0.25) is 0 Å². The average molecular weight is 357 g/mol. The van der Waals surface area contributed by atoms with Crippen LogP contribution in [0.5, 0.6) is 0 Å². The third kappa shape index (κ3) is 3.59. The molecule has 0 bridgehead atoms. The van der Waals surface area contributed by atoms with Crippen LogP contribution < -0.4 is 5.32 Å². The SMILES string of the molecule is C.C=CC(=O)Nc1ccc2ncn(-c3cncc(-c4ccccc4)n3)c2c1. The van der Waals surface area contributed by atoms with Crippen molar-refractivity contribution in [3.05, 3.63) is 79.9 Å². The van der Waals surface area contributed by atoms with Gasteiger partial charge in [0.25, 0.3) is 0 Å². The van der Waals surface area contributed by atoms with E-state index >= 15 is 0 Å². The van der Waals surface area contributed by atoms with Crippen molar-refractivity contribution in [2.24, 2.45) is 0 Å². The van der Waals surface area contributed by atoms with Crippen molar-refractivity contribution < 1.29 is 4.79 Å². The first kappa shape index (κ1) is 18.0. The van der Waals surface area contributed by atoms with Gasteiger partial charge in [-0.2, -0.15) is 0 Å². The summed E-state index contributed by atoms with van der Waals surface area (Å²) in [4.78, 5) is 25.0. The molecule has 1 amide bonds. The minimum atomic E-state index is -0.263. The van der Waals surface area contributed by atoms with Crippen molar-refractivity contribution in [1.29, 1.82) is 0 Å². The number of hydrogen-bond acceptors (Lipinski definition) is 4. The Bertz CT molecular complexity index is 1100. The van der Waals surface area contributed by atoms with E-state index in [1.54, 1.807) is 24.8 Å². The first-order valence-electron chi connectivity index (χ1n) is 8.03. The van der Waals surface area contributed by atoms with Gasteiger partial charge in [0.05, 0.1) is 29.1 Å². The van der Waals surface area contributed by atoms with Crippen molar-refractivity contribution in [3.8, 4) is 17.1 Å². The fraction of sp³-hybridized carbons (Fsp3) is 0.0476. The van der Waals surface area contributed by atoms with Gasteiger partial charge in [-0.1, -0.05) is 44.3 Å². The molecule has 0 fully saturated rings. The summed E-state index contributed by atoms with van der Waals surface area (Å²) in [6.07, 6.45) is 6.34. The van der Waals surface area contributed by atoms with E-state index in [0.717, 1.165) is 22.3 Å². The fourth-order valence-corrected chi connectivity index (χ4v) is 2.68. The van der Waals surface area contributed by atoms with E-state index in [1.807, 2.05) is 47.0 Å². The Hall–Kier alpha value is -3.80. The van der Waals surface area contributed by atoms with Gasteiger partial charge in [0.1, 0.15) is 6.33 Å². The second kappa shape index (κ2) is 7.61. The number of nitrogens with one attached hydrogen (secondary N) is 1. The third-order valence-corrected chi connectivity index (χ3v) is 3.94. The van der Waals surface area contributed by atoms with Gasteiger partial charge in [0.2, 0.25) is 5.91 Å². The van der Waals surface area contributed by atoms with E-state index in [1.165, 1.54) is 6.08 Å². The molecule has 6 nitrogen and oxygen atoms in total. The highest BCUT2D eigenvalue weighted by Gasteiger charge is 2.09. The van der Waals surface area contributed by atoms with Gasteiger partial charge in [-0.05, 0) is 24.3 Å². The Labute approximate surface area is 157 Å². The molecule has 0 unspecified atom stereocenters. The maximum atomic E-state index is 11.5. The summed E-state index contributed by atoms with van der Waals surface area (Å²) >= 11 is 0. The second-order valence-corrected chi connectivity index (χ2v) is 5.64. The lowest BCUT2D eigenvalue weighted by Crippen LogP contribution is -2.07. The smallest absolute Gasteiger partial charge is 0.247 e. The van der Waals surface area contributed by atoms with Crippen LogP contribution in [0.1, 0.15) is 7.43 Å². The van der Waals surface area contributed by atoms with Crippen molar-refractivity contribution in [2.45, 2.75) is 7.43 Å². The molecule has 0 saturated heterocycles. The molecule has 0 aliphatic carbocycles. The van der Waals surface area contributed by atoms with Crippen LogP contribution >= 0.6 is 0 Å². The van der Waals surface area contributed by atoms with E-state index in [-0.39, 0.29) is 13.3 Å². The second-order valence-electron chi connectivity index (χ2n) is 5.64. The van der Waals surface area contributed by atoms with Crippen LogP contribution in [0.3, 0.4) is 0 Å². The molecule has 0 aliphatic rings. The zero-order chi connectivity index (χ0) is 17.9. The van der Waals surface area contributed by atoms with Gasteiger partial charge >= 0.3 is 0 Å². The van der Waals surface area contributed by atoms with Crippen molar-refractivity contribution in [2.75, 3.05) is 5.32 Å². The fourth-order valence-electron chi connectivity index (χ4n) is 2.68. The van der Waals surface area contributed by atoms with Crippen molar-refractivity contribution in [1.82, 2.24) is 19.5 Å². The molecule has 0 spiro atoms. The molecule has 2 heterocycles. The number of nitrogens with zero attached hydrogens (tertiary/aromatic N) is 4. The zero-order valence-corrected chi connectivity index (χ0v) is 13.8. The lowest BCUT2D eigenvalue weighted by Gasteiger charge is -2.07. The quantitative estimate of drug-likeness (QED) is 0.554. The molecule has 2 aromatic heterocycles. The molecule has 27 heavy (non-hydrogen) atoms. The largest absolute Gasteiger partial charge is 0.322 e. The number of carbonyl (C=O) groups excluding carboxylic acids is 1. The molecule has 134 valence electrons. The maximum absolute atomic E-state index is 11.5. The van der Waals surface area contributed by atoms with Gasteiger partial charge in [-0.3, -0.25) is 14.3 Å². The van der Waals surface area contributed by atoms with Crippen LogP contribution in [0, 0.1) is 0 Å². The van der Waals surface area contributed by atoms with Crippen LogP contribution in [0.4, 0.5) is 5.69 Å². The lowest BCUT2D eigenvalue weighted by molar-refractivity contribution is -0.111. The van der Waals surface area contributed by atoms with Gasteiger partial charge in [0.15, 0.2) is 5.82 Å². The van der Waals surface area contributed by atoms with Crippen molar-refractivity contribution >= 4 is 22.6 Å². The highest BCUT2D eigenvalue weighted by Crippen LogP contribution is 2.22. The number of fused-ring (bicyclic) bond motifs is 1. The molecule has 6 heteroatoms. The van der Waals surface area contributed by atoms with Crippen molar-refractivity contribution in [3.63, 3.8) is 0 Å². The number of imidazole rings is 1. The minimum Gasteiger partial charge on any atom is -0.322 e. The summed E-state index contributed by atoms with van der Waals surface area (Å²) in [6.45, 7) is 3.46. The molecule has 2 aromatic carbocycles. The van der Waals surface area contributed by atoms with E-state index in [2.05, 4.69) is 21.9 Å². The summed E-state index contributed by atoms with van der Waals surface area (Å²) in [5, 5.41) is 2.76. The number of rotatable bonds is 4. The molecule has 0 aliphatic heterocycles. The Kier molecular flexibility index (Phi) is 5.08. The molecular formula is C21H19N5O.